The molecule has 1 fully saturated rings. The highest BCUT2D eigenvalue weighted by Gasteiger charge is 2.39. The van der Waals surface area contributed by atoms with Crippen LogP contribution in [0.1, 0.15) is 40.0 Å². The van der Waals surface area contributed by atoms with Crippen LogP contribution in [0.25, 0.3) is 0 Å². The Hall–Kier alpha value is -0.160. The van der Waals surface area contributed by atoms with Crippen molar-refractivity contribution in [2.75, 3.05) is 13.2 Å². The molecule has 3 atom stereocenters. The molecule has 96 valence electrons. The Morgan fingerprint density at radius 2 is 2.00 bits per heavy atom. The van der Waals surface area contributed by atoms with E-state index in [1.807, 2.05) is 25.7 Å². The van der Waals surface area contributed by atoms with Gasteiger partial charge in [0.05, 0.1) is 12.7 Å². The summed E-state index contributed by atoms with van der Waals surface area (Å²) in [6, 6.07) is -0.00249. The SMILES string of the molecule is CCC(C)(C)[C@H](O)[C@H](O)N1CCC[C@H]1CO. The molecule has 1 aliphatic heterocycles. The van der Waals surface area contributed by atoms with Crippen LogP contribution in [-0.2, 0) is 0 Å². The first-order valence-corrected chi connectivity index (χ1v) is 6.16. The summed E-state index contributed by atoms with van der Waals surface area (Å²) in [4.78, 5) is 1.82. The van der Waals surface area contributed by atoms with E-state index >= 15 is 0 Å². The van der Waals surface area contributed by atoms with Gasteiger partial charge in [0, 0.05) is 12.6 Å². The molecule has 4 heteroatoms. The Kier molecular flexibility index (Phi) is 4.73. The van der Waals surface area contributed by atoms with E-state index in [2.05, 4.69) is 0 Å². The molecular formula is C12H25NO3. The van der Waals surface area contributed by atoms with E-state index in [-0.39, 0.29) is 18.1 Å². The molecule has 16 heavy (non-hydrogen) atoms. The van der Waals surface area contributed by atoms with Crippen molar-refractivity contribution in [1.29, 1.82) is 0 Å². The summed E-state index contributed by atoms with van der Waals surface area (Å²) >= 11 is 0. The summed E-state index contributed by atoms with van der Waals surface area (Å²) < 4.78 is 0. The zero-order valence-electron chi connectivity index (χ0n) is 10.6. The Labute approximate surface area is 97.9 Å². The molecule has 0 amide bonds. The van der Waals surface area contributed by atoms with Crippen LogP contribution in [0.4, 0.5) is 0 Å². The van der Waals surface area contributed by atoms with Gasteiger partial charge in [-0.3, -0.25) is 4.90 Å². The van der Waals surface area contributed by atoms with E-state index in [0.29, 0.717) is 0 Å². The van der Waals surface area contributed by atoms with E-state index in [1.165, 1.54) is 0 Å². The molecule has 0 aromatic heterocycles. The molecule has 0 unspecified atom stereocenters. The first-order chi connectivity index (χ1) is 7.44. The first-order valence-electron chi connectivity index (χ1n) is 6.16. The zero-order chi connectivity index (χ0) is 12.3. The van der Waals surface area contributed by atoms with Crippen LogP contribution in [0.15, 0.2) is 0 Å². The van der Waals surface area contributed by atoms with Gasteiger partial charge in [-0.2, -0.15) is 0 Å². The van der Waals surface area contributed by atoms with E-state index in [4.69, 9.17) is 0 Å². The molecule has 0 spiro atoms. The zero-order valence-corrected chi connectivity index (χ0v) is 10.6. The molecule has 1 heterocycles. The van der Waals surface area contributed by atoms with Gasteiger partial charge in [-0.1, -0.05) is 20.8 Å². The maximum Gasteiger partial charge on any atom is 0.134 e. The standard InChI is InChI=1S/C12H25NO3/c1-4-12(2,3)10(15)11(16)13-7-5-6-9(13)8-14/h9-11,14-16H,4-8H2,1-3H3/t9-,10+,11-/m0/s1. The predicted octanol–water partition coefficient (Wildman–Crippen LogP) is 0.559. The number of hydrogen-bond donors (Lipinski definition) is 3. The highest BCUT2D eigenvalue weighted by Crippen LogP contribution is 2.30. The molecule has 0 aromatic carbocycles. The van der Waals surface area contributed by atoms with Crippen molar-refractivity contribution in [1.82, 2.24) is 4.90 Å². The monoisotopic (exact) mass is 231 g/mol. The molecule has 1 aliphatic rings. The van der Waals surface area contributed by atoms with Gasteiger partial charge in [0.2, 0.25) is 0 Å². The maximum absolute atomic E-state index is 10.2. The summed E-state index contributed by atoms with van der Waals surface area (Å²) in [6.07, 6.45) is 1.04. The van der Waals surface area contributed by atoms with E-state index in [9.17, 15) is 15.3 Å². The molecule has 0 radical (unpaired) electrons. The lowest BCUT2D eigenvalue weighted by molar-refractivity contribution is -0.134. The Morgan fingerprint density at radius 1 is 1.38 bits per heavy atom. The third-order valence-corrected chi connectivity index (χ3v) is 3.97. The average Bonchev–Trinajstić information content (AvgIpc) is 2.74. The van der Waals surface area contributed by atoms with Crippen LogP contribution in [0.5, 0.6) is 0 Å². The van der Waals surface area contributed by atoms with Crippen LogP contribution in [0.2, 0.25) is 0 Å². The van der Waals surface area contributed by atoms with Crippen molar-refractivity contribution in [3.05, 3.63) is 0 Å². The van der Waals surface area contributed by atoms with Gasteiger partial charge in [-0.15, -0.1) is 0 Å². The van der Waals surface area contributed by atoms with Crippen molar-refractivity contribution in [2.24, 2.45) is 5.41 Å². The molecule has 4 nitrogen and oxygen atoms in total. The summed E-state index contributed by atoms with van der Waals surface area (Å²) in [5.41, 5.74) is -0.304. The normalized spacial score (nSPS) is 27.0. The Morgan fingerprint density at radius 3 is 2.50 bits per heavy atom. The summed E-state index contributed by atoms with van der Waals surface area (Å²) in [6.45, 7) is 6.71. The maximum atomic E-state index is 10.2. The topological polar surface area (TPSA) is 63.9 Å². The number of nitrogens with zero attached hydrogens (tertiary/aromatic N) is 1. The summed E-state index contributed by atoms with van der Waals surface area (Å²) in [5, 5.41) is 29.5. The smallest absolute Gasteiger partial charge is 0.134 e. The fourth-order valence-electron chi connectivity index (χ4n) is 2.20. The van der Waals surface area contributed by atoms with Gasteiger partial charge in [0.25, 0.3) is 0 Å². The number of rotatable bonds is 5. The second-order valence-electron chi connectivity index (χ2n) is 5.42. The fraction of sp³-hybridized carbons (Fsp3) is 1.00. The van der Waals surface area contributed by atoms with Crippen LogP contribution in [0, 0.1) is 5.41 Å². The number of aliphatic hydroxyl groups excluding tert-OH is 3. The van der Waals surface area contributed by atoms with Crippen LogP contribution in [-0.4, -0.2) is 51.7 Å². The van der Waals surface area contributed by atoms with Crippen LogP contribution in [0.3, 0.4) is 0 Å². The molecule has 0 bridgehead atoms. The molecule has 1 saturated heterocycles. The van der Waals surface area contributed by atoms with Gasteiger partial charge in [-0.25, -0.2) is 0 Å². The lowest BCUT2D eigenvalue weighted by Crippen LogP contribution is -2.52. The predicted molar refractivity (Wildman–Crippen MR) is 62.9 cm³/mol. The lowest BCUT2D eigenvalue weighted by atomic mass is 9.82. The van der Waals surface area contributed by atoms with Crippen molar-refractivity contribution < 1.29 is 15.3 Å². The molecule has 3 N–H and O–H groups in total. The largest absolute Gasteiger partial charge is 0.395 e. The summed E-state index contributed by atoms with van der Waals surface area (Å²) in [7, 11) is 0. The second-order valence-corrected chi connectivity index (χ2v) is 5.42. The lowest BCUT2D eigenvalue weighted by Gasteiger charge is -2.38. The van der Waals surface area contributed by atoms with Gasteiger partial charge in [-0.05, 0) is 24.7 Å². The minimum Gasteiger partial charge on any atom is -0.395 e. The van der Waals surface area contributed by atoms with Crippen molar-refractivity contribution >= 4 is 0 Å². The van der Waals surface area contributed by atoms with Gasteiger partial charge in [0.1, 0.15) is 6.23 Å². The minimum absolute atomic E-state index is 0.00249. The van der Waals surface area contributed by atoms with Crippen LogP contribution >= 0.6 is 0 Å². The highest BCUT2D eigenvalue weighted by atomic mass is 16.3. The second kappa shape index (κ2) is 5.45. The van der Waals surface area contributed by atoms with Gasteiger partial charge >= 0.3 is 0 Å². The third kappa shape index (κ3) is 2.74. The average molecular weight is 231 g/mol. The minimum atomic E-state index is -0.866. The molecule has 0 aliphatic carbocycles. The highest BCUT2D eigenvalue weighted by molar-refractivity contribution is 4.88. The molecule has 1 rings (SSSR count). The van der Waals surface area contributed by atoms with E-state index in [1.54, 1.807) is 0 Å². The Bertz CT molecular complexity index is 218. The Balaban J connectivity index is 2.66. The van der Waals surface area contributed by atoms with E-state index < -0.39 is 12.3 Å². The number of hydrogen-bond acceptors (Lipinski definition) is 4. The van der Waals surface area contributed by atoms with Gasteiger partial charge in [0.15, 0.2) is 0 Å². The fourth-order valence-corrected chi connectivity index (χ4v) is 2.20. The summed E-state index contributed by atoms with van der Waals surface area (Å²) in [5.74, 6) is 0. The van der Waals surface area contributed by atoms with E-state index in [0.717, 1.165) is 25.8 Å². The molecule has 0 saturated carbocycles. The first kappa shape index (κ1) is 13.9. The molecular weight excluding hydrogens is 206 g/mol. The van der Waals surface area contributed by atoms with Gasteiger partial charge < -0.3 is 15.3 Å². The quantitative estimate of drug-likeness (QED) is 0.647. The number of aliphatic hydroxyl groups is 3. The number of likely N-dealkylation sites (tertiary alicyclic amines) is 1. The van der Waals surface area contributed by atoms with Crippen LogP contribution < -0.4 is 0 Å². The third-order valence-electron chi connectivity index (χ3n) is 3.97. The van der Waals surface area contributed by atoms with Crippen molar-refractivity contribution in [2.45, 2.75) is 58.4 Å². The van der Waals surface area contributed by atoms with Crippen molar-refractivity contribution in [3.63, 3.8) is 0 Å². The molecule has 0 aromatic rings. The van der Waals surface area contributed by atoms with Crippen molar-refractivity contribution in [3.8, 4) is 0 Å².